The molecule has 4 heteroatoms. The first-order valence-corrected chi connectivity index (χ1v) is 6.09. The first-order valence-electron chi connectivity index (χ1n) is 6.09. The van der Waals surface area contributed by atoms with Crippen LogP contribution in [0.5, 0.6) is 0 Å². The fourth-order valence-corrected chi connectivity index (χ4v) is 1.94. The Kier molecular flexibility index (Phi) is 4.59. The monoisotopic (exact) mass is 228 g/mol. The molecule has 0 spiro atoms. The van der Waals surface area contributed by atoms with E-state index in [1.165, 1.54) is 12.8 Å². The van der Waals surface area contributed by atoms with E-state index in [9.17, 15) is 4.79 Å². The minimum atomic E-state index is -0.412. The van der Waals surface area contributed by atoms with Crippen molar-refractivity contribution >= 4 is 6.09 Å². The number of carbonyl (C=O) groups is 1. The minimum Gasteiger partial charge on any atom is -0.444 e. The van der Waals surface area contributed by atoms with E-state index in [0.29, 0.717) is 12.6 Å². The standard InChI is InChI=1S/C12H24N2O2/c1-10-6-5-8-14(10)9-7-13-11(15)16-12(2,3)4/h10H,5-9H2,1-4H3,(H,13,15). The molecule has 0 saturated carbocycles. The van der Waals surface area contributed by atoms with Crippen LogP contribution in [0, 0.1) is 0 Å². The molecule has 1 heterocycles. The van der Waals surface area contributed by atoms with Crippen LogP contribution in [0.1, 0.15) is 40.5 Å². The molecule has 0 radical (unpaired) electrons. The summed E-state index contributed by atoms with van der Waals surface area (Å²) in [4.78, 5) is 13.8. The highest BCUT2D eigenvalue weighted by atomic mass is 16.6. The fraction of sp³-hybridized carbons (Fsp3) is 0.917. The second kappa shape index (κ2) is 5.53. The number of amides is 1. The van der Waals surface area contributed by atoms with E-state index in [2.05, 4.69) is 17.1 Å². The lowest BCUT2D eigenvalue weighted by atomic mass is 10.2. The summed E-state index contributed by atoms with van der Waals surface area (Å²) in [6.45, 7) is 10.6. The predicted octanol–water partition coefficient (Wildman–Crippen LogP) is 2.00. The Balaban J connectivity index is 2.13. The van der Waals surface area contributed by atoms with Crippen LogP contribution in [0.2, 0.25) is 0 Å². The summed E-state index contributed by atoms with van der Waals surface area (Å²) in [6, 6.07) is 0.653. The van der Waals surface area contributed by atoms with Crippen molar-refractivity contribution in [3.63, 3.8) is 0 Å². The maximum atomic E-state index is 11.4. The van der Waals surface area contributed by atoms with Gasteiger partial charge in [0, 0.05) is 19.1 Å². The Bertz CT molecular complexity index is 236. The van der Waals surface area contributed by atoms with Gasteiger partial charge in [-0.05, 0) is 47.1 Å². The van der Waals surface area contributed by atoms with Gasteiger partial charge < -0.3 is 10.1 Å². The lowest BCUT2D eigenvalue weighted by Crippen LogP contribution is -2.38. The number of alkyl carbamates (subject to hydrolysis) is 1. The first kappa shape index (κ1) is 13.3. The number of hydrogen-bond donors (Lipinski definition) is 1. The normalized spacial score (nSPS) is 22.1. The highest BCUT2D eigenvalue weighted by molar-refractivity contribution is 5.67. The molecule has 0 aromatic carbocycles. The molecule has 1 atom stereocenters. The Morgan fingerprint density at radius 3 is 2.69 bits per heavy atom. The Labute approximate surface area is 98.3 Å². The van der Waals surface area contributed by atoms with Crippen LogP contribution in [0.15, 0.2) is 0 Å². The molecule has 1 N–H and O–H groups in total. The zero-order chi connectivity index (χ0) is 12.2. The summed E-state index contributed by atoms with van der Waals surface area (Å²) in [5.74, 6) is 0. The van der Waals surface area contributed by atoms with Crippen molar-refractivity contribution in [1.29, 1.82) is 0 Å². The highest BCUT2D eigenvalue weighted by Gasteiger charge is 2.20. The zero-order valence-corrected chi connectivity index (χ0v) is 10.9. The van der Waals surface area contributed by atoms with Gasteiger partial charge in [0.15, 0.2) is 0 Å². The average molecular weight is 228 g/mol. The number of nitrogens with zero attached hydrogens (tertiary/aromatic N) is 1. The van der Waals surface area contributed by atoms with Crippen molar-refractivity contribution in [2.75, 3.05) is 19.6 Å². The lowest BCUT2D eigenvalue weighted by Gasteiger charge is -2.22. The maximum absolute atomic E-state index is 11.4. The van der Waals surface area contributed by atoms with Gasteiger partial charge in [-0.2, -0.15) is 0 Å². The molecule has 4 nitrogen and oxygen atoms in total. The van der Waals surface area contributed by atoms with Gasteiger partial charge in [0.25, 0.3) is 0 Å². The van der Waals surface area contributed by atoms with Crippen LogP contribution in [-0.2, 0) is 4.74 Å². The molecule has 16 heavy (non-hydrogen) atoms. The molecule has 0 aliphatic carbocycles. The maximum Gasteiger partial charge on any atom is 0.407 e. The third-order valence-electron chi connectivity index (χ3n) is 2.76. The second-order valence-corrected chi connectivity index (χ2v) is 5.46. The average Bonchev–Trinajstić information content (AvgIpc) is 2.48. The van der Waals surface area contributed by atoms with Gasteiger partial charge in [0.2, 0.25) is 0 Å². The molecule has 1 saturated heterocycles. The van der Waals surface area contributed by atoms with Crippen molar-refractivity contribution in [1.82, 2.24) is 10.2 Å². The molecular weight excluding hydrogens is 204 g/mol. The predicted molar refractivity (Wildman–Crippen MR) is 64.5 cm³/mol. The van der Waals surface area contributed by atoms with E-state index >= 15 is 0 Å². The third kappa shape index (κ3) is 4.84. The van der Waals surface area contributed by atoms with Crippen LogP contribution < -0.4 is 5.32 Å². The van der Waals surface area contributed by atoms with E-state index in [1.54, 1.807) is 0 Å². The van der Waals surface area contributed by atoms with Crippen molar-refractivity contribution < 1.29 is 9.53 Å². The summed E-state index contributed by atoms with van der Waals surface area (Å²) in [5.41, 5.74) is -0.412. The second-order valence-electron chi connectivity index (χ2n) is 5.46. The number of carbonyl (C=O) groups excluding carboxylic acids is 1. The van der Waals surface area contributed by atoms with Crippen LogP contribution in [0.3, 0.4) is 0 Å². The molecule has 0 aromatic heterocycles. The third-order valence-corrected chi connectivity index (χ3v) is 2.76. The largest absolute Gasteiger partial charge is 0.444 e. The van der Waals surface area contributed by atoms with E-state index in [0.717, 1.165) is 13.1 Å². The van der Waals surface area contributed by atoms with E-state index in [-0.39, 0.29) is 6.09 Å². The van der Waals surface area contributed by atoms with Gasteiger partial charge >= 0.3 is 6.09 Å². The van der Waals surface area contributed by atoms with E-state index in [4.69, 9.17) is 4.74 Å². The van der Waals surface area contributed by atoms with Crippen LogP contribution in [0.4, 0.5) is 4.79 Å². The van der Waals surface area contributed by atoms with Crippen LogP contribution in [0.25, 0.3) is 0 Å². The SMILES string of the molecule is CC1CCCN1CCNC(=O)OC(C)(C)C. The van der Waals surface area contributed by atoms with Crippen molar-refractivity contribution in [2.24, 2.45) is 0 Å². The molecule has 94 valence electrons. The molecule has 1 rings (SSSR count). The molecule has 1 fully saturated rings. The minimum absolute atomic E-state index is 0.320. The quantitative estimate of drug-likeness (QED) is 0.803. The van der Waals surface area contributed by atoms with Crippen molar-refractivity contribution in [2.45, 2.75) is 52.2 Å². The Morgan fingerprint density at radius 2 is 2.19 bits per heavy atom. The number of likely N-dealkylation sites (tertiary alicyclic amines) is 1. The summed E-state index contributed by atoms with van der Waals surface area (Å²) < 4.78 is 5.16. The fourth-order valence-electron chi connectivity index (χ4n) is 1.94. The topological polar surface area (TPSA) is 41.6 Å². The van der Waals surface area contributed by atoms with Crippen molar-refractivity contribution in [3.05, 3.63) is 0 Å². The van der Waals surface area contributed by atoms with E-state index < -0.39 is 5.60 Å². The Morgan fingerprint density at radius 1 is 1.50 bits per heavy atom. The number of ether oxygens (including phenoxy) is 1. The lowest BCUT2D eigenvalue weighted by molar-refractivity contribution is 0.0521. The summed E-state index contributed by atoms with van der Waals surface area (Å²) in [5, 5.41) is 2.78. The molecule has 1 unspecified atom stereocenters. The zero-order valence-electron chi connectivity index (χ0n) is 10.9. The summed E-state index contributed by atoms with van der Waals surface area (Å²) >= 11 is 0. The van der Waals surface area contributed by atoms with Crippen molar-refractivity contribution in [3.8, 4) is 0 Å². The molecule has 1 aliphatic rings. The molecule has 0 aromatic rings. The summed E-state index contributed by atoms with van der Waals surface area (Å²) in [6.07, 6.45) is 2.22. The first-order chi connectivity index (χ1) is 7.38. The van der Waals surface area contributed by atoms with Gasteiger partial charge in [-0.3, -0.25) is 4.90 Å². The van der Waals surface area contributed by atoms with Crippen LogP contribution in [-0.4, -0.2) is 42.3 Å². The molecular formula is C12H24N2O2. The van der Waals surface area contributed by atoms with Gasteiger partial charge in [-0.1, -0.05) is 0 Å². The smallest absolute Gasteiger partial charge is 0.407 e. The van der Waals surface area contributed by atoms with Gasteiger partial charge in [0.05, 0.1) is 0 Å². The Hall–Kier alpha value is -0.770. The van der Waals surface area contributed by atoms with Crippen LogP contribution >= 0.6 is 0 Å². The van der Waals surface area contributed by atoms with Gasteiger partial charge in [-0.15, -0.1) is 0 Å². The summed E-state index contributed by atoms with van der Waals surface area (Å²) in [7, 11) is 0. The van der Waals surface area contributed by atoms with Gasteiger partial charge in [0.1, 0.15) is 5.60 Å². The number of nitrogens with one attached hydrogen (secondary N) is 1. The number of hydrogen-bond acceptors (Lipinski definition) is 3. The molecule has 0 bridgehead atoms. The molecule has 1 aliphatic heterocycles. The number of rotatable bonds is 3. The molecule has 1 amide bonds. The highest BCUT2D eigenvalue weighted by Crippen LogP contribution is 2.15. The van der Waals surface area contributed by atoms with E-state index in [1.807, 2.05) is 20.8 Å². The van der Waals surface area contributed by atoms with Gasteiger partial charge in [-0.25, -0.2) is 4.79 Å².